The van der Waals surface area contributed by atoms with E-state index in [2.05, 4.69) is 5.16 Å². The van der Waals surface area contributed by atoms with Crippen molar-refractivity contribution < 1.29 is 18.4 Å². The molecule has 0 amide bonds. The molecule has 116 valence electrons. The van der Waals surface area contributed by atoms with Gasteiger partial charge in [0.2, 0.25) is 0 Å². The average molecular weight is 311 g/mol. The lowest BCUT2D eigenvalue weighted by Gasteiger charge is -2.05. The lowest BCUT2D eigenvalue weighted by Crippen LogP contribution is -2.07. The molecule has 23 heavy (non-hydrogen) atoms. The Kier molecular flexibility index (Phi) is 4.19. The van der Waals surface area contributed by atoms with E-state index in [0.29, 0.717) is 17.0 Å². The van der Waals surface area contributed by atoms with Gasteiger partial charge in [-0.15, -0.1) is 0 Å². The highest BCUT2D eigenvalue weighted by atomic mass is 19.1. The number of carbonyl (C=O) groups excluding carboxylic acids is 1. The van der Waals surface area contributed by atoms with Crippen LogP contribution in [0.3, 0.4) is 0 Å². The molecule has 0 aliphatic rings. The number of ether oxygens (including phenoxy) is 1. The molecule has 3 aromatic rings. The first-order valence-electron chi connectivity index (χ1n) is 7.08. The molecule has 0 fully saturated rings. The fraction of sp³-hybridized carbons (Fsp3) is 0.111. The van der Waals surface area contributed by atoms with Gasteiger partial charge in [0.15, 0.2) is 0 Å². The zero-order valence-electron chi connectivity index (χ0n) is 12.5. The second-order valence-corrected chi connectivity index (χ2v) is 5.03. The number of aromatic nitrogens is 1. The number of rotatable bonds is 4. The van der Waals surface area contributed by atoms with Gasteiger partial charge in [-0.25, -0.2) is 9.18 Å². The number of aryl methyl sites for hydroxylation is 1. The maximum Gasteiger partial charge on any atom is 0.344 e. The van der Waals surface area contributed by atoms with Crippen LogP contribution in [-0.2, 0) is 11.3 Å². The van der Waals surface area contributed by atoms with Crippen LogP contribution in [0.4, 0.5) is 4.39 Å². The van der Waals surface area contributed by atoms with Crippen LogP contribution in [0, 0.1) is 12.7 Å². The Balaban J connectivity index is 1.81. The molecule has 4 nitrogen and oxygen atoms in total. The van der Waals surface area contributed by atoms with E-state index in [4.69, 9.17) is 9.26 Å². The average Bonchev–Trinajstić information content (AvgIpc) is 2.95. The molecule has 0 unspecified atom stereocenters. The Bertz CT molecular complexity index is 827. The predicted molar refractivity (Wildman–Crippen MR) is 82.2 cm³/mol. The Morgan fingerprint density at radius 2 is 1.96 bits per heavy atom. The zero-order chi connectivity index (χ0) is 16.2. The summed E-state index contributed by atoms with van der Waals surface area (Å²) in [6.45, 7) is 1.63. The van der Waals surface area contributed by atoms with E-state index < -0.39 is 5.97 Å². The highest BCUT2D eigenvalue weighted by Crippen LogP contribution is 2.26. The lowest BCUT2D eigenvalue weighted by molar-refractivity contribution is 0.0471. The zero-order valence-corrected chi connectivity index (χ0v) is 12.5. The molecule has 5 heteroatoms. The van der Waals surface area contributed by atoms with Gasteiger partial charge in [-0.3, -0.25) is 0 Å². The monoisotopic (exact) mass is 311 g/mol. The summed E-state index contributed by atoms with van der Waals surface area (Å²) in [7, 11) is 0. The normalized spacial score (nSPS) is 10.5. The van der Waals surface area contributed by atoms with Crippen molar-refractivity contribution in [3.63, 3.8) is 0 Å². The summed E-state index contributed by atoms with van der Waals surface area (Å²) >= 11 is 0. The molecular formula is C18H14FNO3. The predicted octanol–water partition coefficient (Wildman–Crippen LogP) is 4.15. The van der Waals surface area contributed by atoms with Crippen LogP contribution in [0.2, 0.25) is 0 Å². The van der Waals surface area contributed by atoms with Crippen LogP contribution in [0.5, 0.6) is 0 Å². The third-order valence-corrected chi connectivity index (χ3v) is 3.37. The topological polar surface area (TPSA) is 52.3 Å². The van der Waals surface area contributed by atoms with Gasteiger partial charge in [0.1, 0.15) is 29.4 Å². The van der Waals surface area contributed by atoms with Crippen molar-refractivity contribution in [1.82, 2.24) is 5.16 Å². The van der Waals surface area contributed by atoms with Crippen LogP contribution in [0.15, 0.2) is 59.1 Å². The molecule has 0 saturated carbocycles. The van der Waals surface area contributed by atoms with Gasteiger partial charge >= 0.3 is 5.97 Å². The van der Waals surface area contributed by atoms with E-state index in [-0.39, 0.29) is 18.0 Å². The van der Waals surface area contributed by atoms with Crippen molar-refractivity contribution in [2.45, 2.75) is 13.5 Å². The fourth-order valence-electron chi connectivity index (χ4n) is 2.25. The molecule has 0 spiro atoms. The second-order valence-electron chi connectivity index (χ2n) is 5.03. The van der Waals surface area contributed by atoms with Crippen molar-refractivity contribution >= 4 is 5.97 Å². The molecule has 0 atom stereocenters. The van der Waals surface area contributed by atoms with Crippen LogP contribution >= 0.6 is 0 Å². The molecule has 2 aromatic carbocycles. The molecule has 1 aromatic heterocycles. The summed E-state index contributed by atoms with van der Waals surface area (Å²) in [5.74, 6) is -0.537. The first-order chi connectivity index (χ1) is 11.1. The van der Waals surface area contributed by atoms with Crippen molar-refractivity contribution in [3.8, 4) is 11.3 Å². The number of nitrogens with zero attached hydrogens (tertiary/aromatic N) is 1. The number of carbonyl (C=O) groups is 1. The van der Waals surface area contributed by atoms with Gasteiger partial charge < -0.3 is 9.26 Å². The molecule has 0 aliphatic heterocycles. The van der Waals surface area contributed by atoms with Gasteiger partial charge in [-0.05, 0) is 24.6 Å². The first kappa shape index (κ1) is 15.0. The number of esters is 1. The smallest absolute Gasteiger partial charge is 0.344 e. The summed E-state index contributed by atoms with van der Waals surface area (Å²) in [5.41, 5.74) is 2.07. The van der Waals surface area contributed by atoms with Crippen molar-refractivity contribution in [3.05, 3.63) is 77.3 Å². The quantitative estimate of drug-likeness (QED) is 0.679. The Hall–Kier alpha value is -2.95. The summed E-state index contributed by atoms with van der Waals surface area (Å²) in [5, 5.41) is 3.94. The third kappa shape index (κ3) is 3.29. The molecule has 0 aliphatic carbocycles. The highest BCUT2D eigenvalue weighted by molar-refractivity contribution is 5.97. The maximum atomic E-state index is 13.1. The van der Waals surface area contributed by atoms with E-state index in [1.54, 1.807) is 19.1 Å². The number of hydrogen-bond donors (Lipinski definition) is 0. The molecule has 1 heterocycles. The summed E-state index contributed by atoms with van der Waals surface area (Å²) < 4.78 is 23.5. The Morgan fingerprint density at radius 3 is 2.70 bits per heavy atom. The van der Waals surface area contributed by atoms with Crippen LogP contribution < -0.4 is 0 Å². The van der Waals surface area contributed by atoms with Crippen LogP contribution in [0.25, 0.3) is 11.3 Å². The highest BCUT2D eigenvalue weighted by Gasteiger charge is 2.22. The largest absolute Gasteiger partial charge is 0.457 e. The van der Waals surface area contributed by atoms with E-state index in [1.165, 1.54) is 12.1 Å². The molecule has 3 rings (SSSR count). The molecule has 0 N–H and O–H groups in total. The van der Waals surface area contributed by atoms with E-state index >= 15 is 0 Å². The Morgan fingerprint density at radius 1 is 1.17 bits per heavy atom. The van der Waals surface area contributed by atoms with Gasteiger partial charge in [-0.2, -0.15) is 0 Å². The Labute approximate surface area is 132 Å². The number of halogens is 1. The molecule has 0 bridgehead atoms. The van der Waals surface area contributed by atoms with Crippen LogP contribution in [0.1, 0.15) is 21.7 Å². The third-order valence-electron chi connectivity index (χ3n) is 3.37. The number of hydrogen-bond acceptors (Lipinski definition) is 4. The van der Waals surface area contributed by atoms with Crippen molar-refractivity contribution in [1.29, 1.82) is 0 Å². The van der Waals surface area contributed by atoms with E-state index in [0.717, 1.165) is 5.56 Å². The lowest BCUT2D eigenvalue weighted by atomic mass is 10.1. The van der Waals surface area contributed by atoms with Gasteiger partial charge in [-0.1, -0.05) is 47.6 Å². The summed E-state index contributed by atoms with van der Waals surface area (Å²) in [6.07, 6.45) is 0. The standard InChI is InChI=1S/C18H14FNO3/c1-12-16(17(20-23-12)14-7-3-2-4-8-14)18(21)22-11-13-6-5-9-15(19)10-13/h2-10H,11H2,1H3. The minimum absolute atomic E-state index is 0.0184. The van der Waals surface area contributed by atoms with Crippen molar-refractivity contribution in [2.75, 3.05) is 0 Å². The van der Waals surface area contributed by atoms with E-state index in [9.17, 15) is 9.18 Å². The van der Waals surface area contributed by atoms with Gasteiger partial charge in [0.25, 0.3) is 0 Å². The number of benzene rings is 2. The SMILES string of the molecule is Cc1onc(-c2ccccc2)c1C(=O)OCc1cccc(F)c1. The van der Waals surface area contributed by atoms with Gasteiger partial charge in [0.05, 0.1) is 0 Å². The minimum atomic E-state index is -0.549. The maximum absolute atomic E-state index is 13.1. The fourth-order valence-corrected chi connectivity index (χ4v) is 2.25. The molecular weight excluding hydrogens is 297 g/mol. The van der Waals surface area contributed by atoms with Crippen LogP contribution in [-0.4, -0.2) is 11.1 Å². The summed E-state index contributed by atoms with van der Waals surface area (Å²) in [6, 6.07) is 15.2. The summed E-state index contributed by atoms with van der Waals surface area (Å²) in [4.78, 5) is 12.4. The van der Waals surface area contributed by atoms with Gasteiger partial charge in [0, 0.05) is 5.56 Å². The first-order valence-corrected chi connectivity index (χ1v) is 7.08. The minimum Gasteiger partial charge on any atom is -0.457 e. The second kappa shape index (κ2) is 6.44. The molecule has 0 saturated heterocycles. The van der Waals surface area contributed by atoms with Crippen molar-refractivity contribution in [2.24, 2.45) is 0 Å². The molecule has 0 radical (unpaired) electrons. The van der Waals surface area contributed by atoms with E-state index in [1.807, 2.05) is 30.3 Å².